The van der Waals surface area contributed by atoms with Gasteiger partial charge in [-0.25, -0.2) is 0 Å². The van der Waals surface area contributed by atoms with E-state index in [4.69, 9.17) is 27.9 Å². The molecule has 2 aromatic carbocycles. The molecule has 1 aliphatic heterocycles. The van der Waals surface area contributed by atoms with E-state index in [2.05, 4.69) is 10.9 Å². The van der Waals surface area contributed by atoms with Crippen molar-refractivity contribution in [3.05, 3.63) is 64.1 Å². The molecule has 1 saturated heterocycles. The van der Waals surface area contributed by atoms with Crippen molar-refractivity contribution < 1.29 is 23.9 Å². The van der Waals surface area contributed by atoms with E-state index < -0.39 is 30.3 Å². The van der Waals surface area contributed by atoms with Crippen molar-refractivity contribution in [2.75, 3.05) is 18.1 Å². The second kappa shape index (κ2) is 9.60. The van der Waals surface area contributed by atoms with Crippen molar-refractivity contribution in [2.24, 2.45) is 5.92 Å². The fraction of sp³-hybridized carbons (Fsp3) is 0.200. The van der Waals surface area contributed by atoms with Crippen molar-refractivity contribution in [3.8, 4) is 0 Å². The number of esters is 1. The average Bonchev–Trinajstić information content (AvgIpc) is 3.13. The highest BCUT2D eigenvalue weighted by molar-refractivity contribution is 6.31. The van der Waals surface area contributed by atoms with Crippen LogP contribution in [0.3, 0.4) is 0 Å². The number of amides is 3. The Morgan fingerprint density at radius 3 is 2.20 bits per heavy atom. The third-order valence-corrected chi connectivity index (χ3v) is 4.87. The first-order valence-electron chi connectivity index (χ1n) is 8.91. The van der Waals surface area contributed by atoms with Crippen LogP contribution in [0.4, 0.5) is 5.69 Å². The van der Waals surface area contributed by atoms with E-state index >= 15 is 0 Å². The number of carbonyl (C=O) groups excluding carboxylic acids is 4. The lowest BCUT2D eigenvalue weighted by Crippen LogP contribution is -2.43. The smallest absolute Gasteiger partial charge is 0.311 e. The van der Waals surface area contributed by atoms with E-state index in [0.29, 0.717) is 21.3 Å². The Balaban J connectivity index is 1.44. The zero-order valence-corrected chi connectivity index (χ0v) is 17.1. The number of hydrazine groups is 1. The first kappa shape index (κ1) is 21.6. The van der Waals surface area contributed by atoms with Crippen molar-refractivity contribution in [1.29, 1.82) is 0 Å². The summed E-state index contributed by atoms with van der Waals surface area (Å²) in [6.07, 6.45) is -0.0175. The Morgan fingerprint density at radius 2 is 1.57 bits per heavy atom. The lowest BCUT2D eigenvalue weighted by molar-refractivity contribution is -0.152. The summed E-state index contributed by atoms with van der Waals surface area (Å²) < 4.78 is 4.97. The van der Waals surface area contributed by atoms with Gasteiger partial charge in [-0.1, -0.05) is 23.2 Å². The van der Waals surface area contributed by atoms with Gasteiger partial charge in [-0.3, -0.25) is 30.0 Å². The quantitative estimate of drug-likeness (QED) is 0.538. The number of nitrogens with one attached hydrogen (secondary N) is 2. The van der Waals surface area contributed by atoms with Crippen molar-refractivity contribution in [2.45, 2.75) is 6.42 Å². The van der Waals surface area contributed by atoms with Gasteiger partial charge in [0.1, 0.15) is 0 Å². The predicted molar refractivity (Wildman–Crippen MR) is 110 cm³/mol. The summed E-state index contributed by atoms with van der Waals surface area (Å²) >= 11 is 11.6. The molecule has 0 bridgehead atoms. The molecule has 0 unspecified atom stereocenters. The minimum atomic E-state index is -0.718. The van der Waals surface area contributed by atoms with Gasteiger partial charge in [0.25, 0.3) is 11.8 Å². The number of rotatable bonds is 5. The molecular weight excluding hydrogens is 433 g/mol. The summed E-state index contributed by atoms with van der Waals surface area (Å²) in [4.78, 5) is 49.6. The van der Waals surface area contributed by atoms with Gasteiger partial charge in [0.05, 0.1) is 5.92 Å². The van der Waals surface area contributed by atoms with E-state index in [1.165, 1.54) is 29.2 Å². The van der Waals surface area contributed by atoms with Crippen molar-refractivity contribution in [1.82, 2.24) is 10.9 Å². The van der Waals surface area contributed by atoms with Crippen molar-refractivity contribution in [3.63, 3.8) is 0 Å². The fourth-order valence-electron chi connectivity index (χ4n) is 2.83. The van der Waals surface area contributed by atoms with Gasteiger partial charge in [0.15, 0.2) is 6.61 Å². The summed E-state index contributed by atoms with van der Waals surface area (Å²) in [5.41, 5.74) is 5.28. The molecule has 1 atom stereocenters. The topological polar surface area (TPSA) is 105 Å². The molecule has 1 fully saturated rings. The third kappa shape index (κ3) is 5.49. The van der Waals surface area contributed by atoms with Crippen LogP contribution in [0, 0.1) is 5.92 Å². The van der Waals surface area contributed by atoms with Crippen LogP contribution in [0.25, 0.3) is 0 Å². The highest BCUT2D eigenvalue weighted by Gasteiger charge is 2.36. The maximum absolute atomic E-state index is 12.2. The summed E-state index contributed by atoms with van der Waals surface area (Å²) in [6.45, 7) is -0.445. The molecule has 0 aromatic heterocycles. The maximum Gasteiger partial charge on any atom is 0.311 e. The zero-order chi connectivity index (χ0) is 21.7. The molecule has 3 rings (SSSR count). The molecule has 0 aliphatic carbocycles. The zero-order valence-electron chi connectivity index (χ0n) is 15.6. The van der Waals surface area contributed by atoms with Gasteiger partial charge in [-0.15, -0.1) is 0 Å². The molecule has 30 heavy (non-hydrogen) atoms. The van der Waals surface area contributed by atoms with Crippen LogP contribution in [0.5, 0.6) is 0 Å². The summed E-state index contributed by atoms with van der Waals surface area (Å²) in [7, 11) is 0. The first-order chi connectivity index (χ1) is 14.3. The molecule has 3 amide bonds. The summed E-state index contributed by atoms with van der Waals surface area (Å²) in [5.74, 6) is -2.85. The number of halogens is 2. The van der Waals surface area contributed by atoms with Crippen molar-refractivity contribution >= 4 is 52.6 Å². The first-order valence-corrected chi connectivity index (χ1v) is 9.66. The number of hydrogen-bond donors (Lipinski definition) is 2. The Morgan fingerprint density at radius 1 is 0.967 bits per heavy atom. The minimum absolute atomic E-state index is 0.0175. The lowest BCUT2D eigenvalue weighted by atomic mass is 10.1. The fourth-order valence-corrected chi connectivity index (χ4v) is 3.08. The molecule has 1 heterocycles. The van der Waals surface area contributed by atoms with Gasteiger partial charge in [-0.05, 0) is 48.5 Å². The van der Waals surface area contributed by atoms with E-state index in [1.807, 2.05) is 0 Å². The van der Waals surface area contributed by atoms with Gasteiger partial charge < -0.3 is 9.64 Å². The third-order valence-electron chi connectivity index (χ3n) is 4.36. The normalized spacial score (nSPS) is 15.6. The summed E-state index contributed by atoms with van der Waals surface area (Å²) in [5, 5.41) is 1.01. The molecule has 0 saturated carbocycles. The summed E-state index contributed by atoms with van der Waals surface area (Å²) in [6, 6.07) is 12.7. The van der Waals surface area contributed by atoms with E-state index in [0.717, 1.165) is 0 Å². The molecule has 2 N–H and O–H groups in total. The van der Waals surface area contributed by atoms with Crippen LogP contribution in [-0.2, 0) is 19.1 Å². The van der Waals surface area contributed by atoms with Gasteiger partial charge in [0.2, 0.25) is 5.91 Å². The molecule has 0 radical (unpaired) electrons. The number of benzene rings is 2. The standard InChI is InChI=1S/C20H17Cl2N3O5/c21-14-3-1-12(2-4-14)19(28)24-23-17(26)11-30-20(29)13-9-18(27)25(10-13)16-7-5-15(22)6-8-16/h1-8,13H,9-11H2,(H,23,26)(H,24,28)/t13-/m0/s1. The molecule has 2 aromatic rings. The van der Waals surface area contributed by atoms with Crippen LogP contribution < -0.4 is 15.8 Å². The average molecular weight is 450 g/mol. The molecule has 156 valence electrons. The van der Waals surface area contributed by atoms with E-state index in [9.17, 15) is 19.2 Å². The van der Waals surface area contributed by atoms with E-state index in [-0.39, 0.29) is 18.9 Å². The van der Waals surface area contributed by atoms with Crippen LogP contribution in [0.1, 0.15) is 16.8 Å². The monoisotopic (exact) mass is 449 g/mol. The molecular formula is C20H17Cl2N3O5. The molecule has 1 aliphatic rings. The number of ether oxygens (including phenoxy) is 1. The Bertz CT molecular complexity index is 963. The largest absolute Gasteiger partial charge is 0.455 e. The van der Waals surface area contributed by atoms with Crippen LogP contribution in [0.2, 0.25) is 10.0 Å². The second-order valence-electron chi connectivity index (χ2n) is 6.50. The molecule has 8 nitrogen and oxygen atoms in total. The minimum Gasteiger partial charge on any atom is -0.455 e. The SMILES string of the molecule is O=C(COC(=O)[C@H]1CC(=O)N(c2ccc(Cl)cc2)C1)NNC(=O)c1ccc(Cl)cc1. The molecule has 0 spiro atoms. The lowest BCUT2D eigenvalue weighted by Gasteiger charge is -2.16. The molecule has 10 heteroatoms. The van der Waals surface area contributed by atoms with Crippen LogP contribution >= 0.6 is 23.2 Å². The number of nitrogens with zero attached hydrogens (tertiary/aromatic N) is 1. The number of carbonyl (C=O) groups is 4. The van der Waals surface area contributed by atoms with Gasteiger partial charge in [-0.2, -0.15) is 0 Å². The Labute approximate surface area is 182 Å². The number of anilines is 1. The predicted octanol–water partition coefficient (Wildman–Crippen LogP) is 2.35. The number of hydrogen-bond acceptors (Lipinski definition) is 5. The van der Waals surface area contributed by atoms with Gasteiger partial charge in [0, 0.05) is 34.3 Å². The van der Waals surface area contributed by atoms with E-state index in [1.54, 1.807) is 24.3 Å². The van der Waals surface area contributed by atoms with Crippen LogP contribution in [0.15, 0.2) is 48.5 Å². The Hall–Kier alpha value is -3.10. The Kier molecular flexibility index (Phi) is 6.91. The maximum atomic E-state index is 12.2. The van der Waals surface area contributed by atoms with Crippen LogP contribution in [-0.4, -0.2) is 36.8 Å². The highest BCUT2D eigenvalue weighted by atomic mass is 35.5. The van der Waals surface area contributed by atoms with Gasteiger partial charge >= 0.3 is 5.97 Å². The second-order valence-corrected chi connectivity index (χ2v) is 7.37. The highest BCUT2D eigenvalue weighted by Crippen LogP contribution is 2.26.